The van der Waals surface area contributed by atoms with Gasteiger partial charge >= 0.3 is 0 Å². The molecule has 19 heavy (non-hydrogen) atoms. The Morgan fingerprint density at radius 1 is 1.00 bits per heavy atom. The highest BCUT2D eigenvalue weighted by Gasteiger charge is 2.07. The van der Waals surface area contributed by atoms with Crippen LogP contribution in [0.3, 0.4) is 0 Å². The molecule has 0 aliphatic carbocycles. The van der Waals surface area contributed by atoms with E-state index in [0.717, 1.165) is 17.7 Å². The lowest BCUT2D eigenvalue weighted by Gasteiger charge is -2.08. The van der Waals surface area contributed by atoms with Crippen LogP contribution in [0.2, 0.25) is 0 Å². The summed E-state index contributed by atoms with van der Waals surface area (Å²) >= 11 is 1.20. The highest BCUT2D eigenvalue weighted by molar-refractivity contribution is 8.00. The van der Waals surface area contributed by atoms with Crippen molar-refractivity contribution in [1.82, 2.24) is 0 Å². The molecule has 2 rings (SSSR count). The lowest BCUT2D eigenvalue weighted by molar-refractivity contribution is 0.592. The largest absolute Gasteiger partial charge is 0.321 e. The van der Waals surface area contributed by atoms with Gasteiger partial charge in [-0.15, -0.1) is 0 Å². The third-order valence-corrected chi connectivity index (χ3v) is 3.51. The molecule has 100 valence electrons. The smallest absolute Gasteiger partial charge is 0.150 e. The topological polar surface area (TPSA) is 12.0 Å². The van der Waals surface area contributed by atoms with Crippen LogP contribution >= 0.6 is 11.9 Å². The van der Waals surface area contributed by atoms with Crippen LogP contribution in [0.1, 0.15) is 18.9 Å². The van der Waals surface area contributed by atoms with Gasteiger partial charge in [0.2, 0.25) is 0 Å². The predicted molar refractivity (Wildman–Crippen MR) is 76.3 cm³/mol. The molecule has 0 radical (unpaired) electrons. The second-order valence-electron chi connectivity index (χ2n) is 4.19. The molecule has 4 heteroatoms. The first-order chi connectivity index (χ1) is 9.20. The Morgan fingerprint density at radius 3 is 2.21 bits per heavy atom. The van der Waals surface area contributed by atoms with Gasteiger partial charge in [-0.1, -0.05) is 31.5 Å². The van der Waals surface area contributed by atoms with Gasteiger partial charge < -0.3 is 4.72 Å². The number of halogens is 2. The molecule has 0 aliphatic rings. The maximum atomic E-state index is 13.4. The molecule has 2 aromatic carbocycles. The summed E-state index contributed by atoms with van der Waals surface area (Å²) in [6.07, 6.45) is 2.14. The quantitative estimate of drug-likeness (QED) is 0.770. The molecular weight excluding hydrogens is 264 g/mol. The number of rotatable bonds is 5. The van der Waals surface area contributed by atoms with E-state index in [1.807, 2.05) is 24.3 Å². The zero-order valence-corrected chi connectivity index (χ0v) is 11.4. The highest BCUT2D eigenvalue weighted by atomic mass is 32.2. The van der Waals surface area contributed by atoms with Crippen LogP contribution in [0.25, 0.3) is 0 Å². The lowest BCUT2D eigenvalue weighted by atomic mass is 10.1. The lowest BCUT2D eigenvalue weighted by Crippen LogP contribution is -1.94. The third kappa shape index (κ3) is 3.70. The van der Waals surface area contributed by atoms with E-state index in [4.69, 9.17) is 0 Å². The average Bonchev–Trinajstić information content (AvgIpc) is 2.40. The van der Waals surface area contributed by atoms with Crippen LogP contribution in [-0.4, -0.2) is 0 Å². The first kappa shape index (κ1) is 13.9. The van der Waals surface area contributed by atoms with Crippen LogP contribution in [0, 0.1) is 11.6 Å². The summed E-state index contributed by atoms with van der Waals surface area (Å²) in [6.45, 7) is 2.13. The average molecular weight is 279 g/mol. The second-order valence-corrected chi connectivity index (χ2v) is 5.07. The molecule has 2 aromatic rings. The van der Waals surface area contributed by atoms with E-state index in [1.165, 1.54) is 35.7 Å². The molecule has 0 aliphatic heterocycles. The molecule has 0 spiro atoms. The predicted octanol–water partition coefficient (Wildman–Crippen LogP) is 5.04. The Hall–Kier alpha value is -1.55. The van der Waals surface area contributed by atoms with Gasteiger partial charge in [0.05, 0.1) is 0 Å². The molecule has 1 N–H and O–H groups in total. The molecule has 0 bridgehead atoms. The monoisotopic (exact) mass is 279 g/mol. The molecule has 0 unspecified atom stereocenters. The molecule has 0 saturated carbocycles. The van der Waals surface area contributed by atoms with Crippen molar-refractivity contribution in [2.24, 2.45) is 0 Å². The minimum atomic E-state index is -0.588. The van der Waals surface area contributed by atoms with Crippen LogP contribution in [0.5, 0.6) is 0 Å². The fourth-order valence-electron chi connectivity index (χ4n) is 1.72. The standard InChI is InChI=1S/C15H15F2NS/c1-2-4-11-7-9-12(10-8-11)19-18-15-13(16)5-3-6-14(15)17/h3,5-10,18H,2,4H2,1H3. The molecule has 0 fully saturated rings. The van der Waals surface area contributed by atoms with E-state index >= 15 is 0 Å². The summed E-state index contributed by atoms with van der Waals surface area (Å²) in [5.74, 6) is -1.18. The Bertz CT molecular complexity index is 520. The Balaban J connectivity index is 2.02. The van der Waals surface area contributed by atoms with Gasteiger partial charge in [-0.25, -0.2) is 8.78 Å². The maximum absolute atomic E-state index is 13.4. The van der Waals surface area contributed by atoms with Crippen molar-refractivity contribution in [1.29, 1.82) is 0 Å². The van der Waals surface area contributed by atoms with E-state index < -0.39 is 11.6 Å². The number of hydrogen-bond donors (Lipinski definition) is 1. The van der Waals surface area contributed by atoms with Gasteiger partial charge in [0.15, 0.2) is 0 Å². The van der Waals surface area contributed by atoms with E-state index in [2.05, 4.69) is 11.6 Å². The van der Waals surface area contributed by atoms with Crippen LogP contribution < -0.4 is 4.72 Å². The molecule has 0 saturated heterocycles. The summed E-state index contributed by atoms with van der Waals surface area (Å²) in [5, 5.41) is 0. The number of aryl methyl sites for hydroxylation is 1. The zero-order chi connectivity index (χ0) is 13.7. The normalized spacial score (nSPS) is 10.5. The maximum Gasteiger partial charge on any atom is 0.150 e. The molecule has 0 amide bonds. The molecule has 1 nitrogen and oxygen atoms in total. The van der Waals surface area contributed by atoms with Crippen LogP contribution in [0.15, 0.2) is 47.4 Å². The van der Waals surface area contributed by atoms with Gasteiger partial charge in [0, 0.05) is 4.90 Å². The number of hydrogen-bond acceptors (Lipinski definition) is 2. The number of nitrogens with one attached hydrogen (secondary N) is 1. The summed E-state index contributed by atoms with van der Waals surface area (Å²) in [4.78, 5) is 0.919. The van der Waals surface area contributed by atoms with Gasteiger partial charge in [-0.05, 0) is 48.2 Å². The Labute approximate surface area is 116 Å². The van der Waals surface area contributed by atoms with E-state index in [9.17, 15) is 8.78 Å². The van der Waals surface area contributed by atoms with Crippen LogP contribution in [-0.2, 0) is 6.42 Å². The van der Waals surface area contributed by atoms with Gasteiger partial charge in [0.1, 0.15) is 17.3 Å². The minimum Gasteiger partial charge on any atom is -0.321 e. The van der Waals surface area contributed by atoms with Crippen molar-refractivity contribution in [3.8, 4) is 0 Å². The molecule has 0 heterocycles. The third-order valence-electron chi connectivity index (χ3n) is 2.70. The summed E-state index contributed by atoms with van der Waals surface area (Å²) in [5.41, 5.74) is 1.16. The SMILES string of the molecule is CCCc1ccc(SNc2c(F)cccc2F)cc1. The van der Waals surface area contributed by atoms with Crippen molar-refractivity contribution >= 4 is 17.6 Å². The number of benzene rings is 2. The summed E-state index contributed by atoms with van der Waals surface area (Å²) < 4.78 is 29.5. The first-order valence-corrected chi connectivity index (χ1v) is 6.98. The number of anilines is 1. The van der Waals surface area contributed by atoms with Crippen molar-refractivity contribution in [3.63, 3.8) is 0 Å². The van der Waals surface area contributed by atoms with Gasteiger partial charge in [-0.3, -0.25) is 0 Å². The molecular formula is C15H15F2NS. The number of para-hydroxylation sites is 1. The molecule has 0 atom stereocenters. The van der Waals surface area contributed by atoms with Crippen molar-refractivity contribution < 1.29 is 8.78 Å². The minimum absolute atomic E-state index is 0.106. The van der Waals surface area contributed by atoms with Crippen molar-refractivity contribution in [2.45, 2.75) is 24.7 Å². The van der Waals surface area contributed by atoms with Crippen molar-refractivity contribution in [2.75, 3.05) is 4.72 Å². The Kier molecular flexibility index (Phi) is 4.80. The molecule has 0 aromatic heterocycles. The van der Waals surface area contributed by atoms with Crippen LogP contribution in [0.4, 0.5) is 14.5 Å². The van der Waals surface area contributed by atoms with Crippen molar-refractivity contribution in [3.05, 3.63) is 59.7 Å². The summed E-state index contributed by atoms with van der Waals surface area (Å²) in [7, 11) is 0. The Morgan fingerprint density at radius 2 is 1.63 bits per heavy atom. The summed E-state index contributed by atoms with van der Waals surface area (Å²) in [6, 6.07) is 11.8. The van der Waals surface area contributed by atoms with E-state index in [1.54, 1.807) is 0 Å². The fraction of sp³-hybridized carbons (Fsp3) is 0.200. The van der Waals surface area contributed by atoms with E-state index in [-0.39, 0.29) is 5.69 Å². The second kappa shape index (κ2) is 6.57. The van der Waals surface area contributed by atoms with Gasteiger partial charge in [0.25, 0.3) is 0 Å². The zero-order valence-electron chi connectivity index (χ0n) is 10.6. The van der Waals surface area contributed by atoms with E-state index in [0.29, 0.717) is 0 Å². The van der Waals surface area contributed by atoms with Gasteiger partial charge in [-0.2, -0.15) is 0 Å². The fourth-order valence-corrected chi connectivity index (χ4v) is 2.41. The highest BCUT2D eigenvalue weighted by Crippen LogP contribution is 2.25. The first-order valence-electron chi connectivity index (χ1n) is 6.16.